The molecule has 1 aliphatic rings. The van der Waals surface area contributed by atoms with Crippen LogP contribution >= 0.6 is 0 Å². The Labute approximate surface area is 103 Å². The second-order valence-corrected chi connectivity index (χ2v) is 4.53. The lowest BCUT2D eigenvalue weighted by Gasteiger charge is -2.07. The Kier molecular flexibility index (Phi) is 2.62. The van der Waals surface area contributed by atoms with E-state index in [4.69, 9.17) is 4.42 Å². The highest BCUT2D eigenvalue weighted by molar-refractivity contribution is 5.84. The molecule has 6 heteroatoms. The third-order valence-corrected chi connectivity index (χ3v) is 3.28. The highest BCUT2D eigenvalue weighted by Crippen LogP contribution is 2.29. The maximum Gasteiger partial charge on any atom is 0.298 e. The third kappa shape index (κ3) is 1.90. The van der Waals surface area contributed by atoms with Gasteiger partial charge in [0, 0.05) is 12.1 Å². The summed E-state index contributed by atoms with van der Waals surface area (Å²) in [5, 5.41) is 14.1. The van der Waals surface area contributed by atoms with E-state index >= 15 is 0 Å². The Bertz CT molecular complexity index is 587. The molecule has 94 valence electrons. The summed E-state index contributed by atoms with van der Waals surface area (Å²) in [7, 11) is 0. The molecule has 1 aromatic heterocycles. The second-order valence-electron chi connectivity index (χ2n) is 4.53. The van der Waals surface area contributed by atoms with E-state index in [9.17, 15) is 10.1 Å². The number of nitrogens with zero attached hydrogens (tertiary/aromatic N) is 2. The minimum Gasteiger partial charge on any atom is -0.423 e. The quantitative estimate of drug-likeness (QED) is 0.665. The Morgan fingerprint density at radius 3 is 2.89 bits per heavy atom. The van der Waals surface area contributed by atoms with Crippen LogP contribution < -0.4 is 5.32 Å². The fourth-order valence-electron chi connectivity index (χ4n) is 2.39. The molecule has 1 saturated carbocycles. The smallest absolute Gasteiger partial charge is 0.298 e. The minimum absolute atomic E-state index is 0.0179. The normalized spacial score (nSPS) is 16.2. The van der Waals surface area contributed by atoms with Gasteiger partial charge in [-0.1, -0.05) is 18.9 Å². The largest absolute Gasteiger partial charge is 0.423 e. The van der Waals surface area contributed by atoms with Gasteiger partial charge in [0.25, 0.3) is 11.7 Å². The fourth-order valence-corrected chi connectivity index (χ4v) is 2.39. The summed E-state index contributed by atoms with van der Waals surface area (Å²) in [5.41, 5.74) is 0.739. The summed E-state index contributed by atoms with van der Waals surface area (Å²) >= 11 is 0. The van der Waals surface area contributed by atoms with Gasteiger partial charge in [0.1, 0.15) is 0 Å². The molecule has 0 atom stereocenters. The summed E-state index contributed by atoms with van der Waals surface area (Å²) in [6.45, 7) is 0. The van der Waals surface area contributed by atoms with E-state index in [2.05, 4.69) is 10.3 Å². The van der Waals surface area contributed by atoms with Crippen molar-refractivity contribution in [1.82, 2.24) is 4.98 Å². The van der Waals surface area contributed by atoms with E-state index < -0.39 is 4.92 Å². The summed E-state index contributed by atoms with van der Waals surface area (Å²) in [6.07, 6.45) is 4.61. The van der Waals surface area contributed by atoms with E-state index in [1.807, 2.05) is 0 Å². The average Bonchev–Trinajstić information content (AvgIpc) is 2.96. The van der Waals surface area contributed by atoms with Crippen LogP contribution in [0.3, 0.4) is 0 Å². The molecule has 1 aromatic carbocycles. The van der Waals surface area contributed by atoms with Crippen LogP contribution in [-0.2, 0) is 0 Å². The number of nitro groups is 1. The lowest BCUT2D eigenvalue weighted by molar-refractivity contribution is -0.383. The number of para-hydroxylation sites is 1. The Balaban J connectivity index is 1.94. The number of aromatic nitrogens is 1. The Morgan fingerprint density at radius 2 is 2.17 bits per heavy atom. The first-order valence-corrected chi connectivity index (χ1v) is 6.04. The molecule has 1 heterocycles. The van der Waals surface area contributed by atoms with Crippen LogP contribution in [0.25, 0.3) is 11.1 Å². The maximum atomic E-state index is 10.9. The van der Waals surface area contributed by atoms with Gasteiger partial charge in [-0.2, -0.15) is 4.98 Å². The molecule has 2 aromatic rings. The topological polar surface area (TPSA) is 81.2 Å². The third-order valence-electron chi connectivity index (χ3n) is 3.28. The van der Waals surface area contributed by atoms with Gasteiger partial charge in [-0.3, -0.25) is 10.1 Å². The summed E-state index contributed by atoms with van der Waals surface area (Å²) in [5.74, 6) is 0. The molecule has 1 N–H and O–H groups in total. The predicted molar refractivity (Wildman–Crippen MR) is 66.5 cm³/mol. The maximum absolute atomic E-state index is 10.9. The SMILES string of the molecule is O=[N+]([O-])c1cccc2oc(NC3CCCC3)nc12. The summed E-state index contributed by atoms with van der Waals surface area (Å²) in [6, 6.07) is 5.48. The zero-order chi connectivity index (χ0) is 12.5. The van der Waals surface area contributed by atoms with Crippen LogP contribution in [0.1, 0.15) is 25.7 Å². The number of non-ortho nitro benzene ring substituents is 1. The summed E-state index contributed by atoms with van der Waals surface area (Å²) in [4.78, 5) is 14.6. The molecule has 1 aliphatic carbocycles. The monoisotopic (exact) mass is 247 g/mol. The zero-order valence-corrected chi connectivity index (χ0v) is 9.76. The van der Waals surface area contributed by atoms with Crippen LogP contribution in [0.15, 0.2) is 22.6 Å². The Morgan fingerprint density at radius 1 is 1.39 bits per heavy atom. The molecule has 0 saturated heterocycles. The van der Waals surface area contributed by atoms with E-state index in [0.29, 0.717) is 23.2 Å². The van der Waals surface area contributed by atoms with Gasteiger partial charge >= 0.3 is 0 Å². The average molecular weight is 247 g/mol. The van der Waals surface area contributed by atoms with Crippen molar-refractivity contribution in [3.05, 3.63) is 28.3 Å². The summed E-state index contributed by atoms with van der Waals surface area (Å²) < 4.78 is 5.49. The second kappa shape index (κ2) is 4.29. The molecule has 0 amide bonds. The van der Waals surface area contributed by atoms with Crippen molar-refractivity contribution in [2.45, 2.75) is 31.7 Å². The number of rotatable bonds is 3. The molecule has 1 fully saturated rings. The number of fused-ring (bicyclic) bond motifs is 1. The van der Waals surface area contributed by atoms with E-state index in [0.717, 1.165) is 12.8 Å². The van der Waals surface area contributed by atoms with Crippen molar-refractivity contribution < 1.29 is 9.34 Å². The van der Waals surface area contributed by atoms with Crippen molar-refractivity contribution in [2.24, 2.45) is 0 Å². The molecule has 0 bridgehead atoms. The number of anilines is 1. The Hall–Kier alpha value is -2.11. The van der Waals surface area contributed by atoms with Gasteiger partial charge in [0.05, 0.1) is 4.92 Å². The van der Waals surface area contributed by atoms with Crippen LogP contribution in [0, 0.1) is 10.1 Å². The van der Waals surface area contributed by atoms with E-state index in [1.165, 1.54) is 18.9 Å². The van der Waals surface area contributed by atoms with Crippen molar-refractivity contribution in [3.63, 3.8) is 0 Å². The lowest BCUT2D eigenvalue weighted by atomic mass is 10.3. The first-order valence-electron chi connectivity index (χ1n) is 6.04. The number of hydrogen-bond donors (Lipinski definition) is 1. The van der Waals surface area contributed by atoms with Crippen molar-refractivity contribution in [1.29, 1.82) is 0 Å². The molecular formula is C12H13N3O3. The fraction of sp³-hybridized carbons (Fsp3) is 0.417. The first kappa shape index (κ1) is 11.0. The minimum atomic E-state index is -0.440. The number of nitrogens with one attached hydrogen (secondary N) is 1. The number of oxazole rings is 1. The predicted octanol–water partition coefficient (Wildman–Crippen LogP) is 3.09. The number of nitro benzene ring substituents is 1. The highest BCUT2D eigenvalue weighted by atomic mass is 16.6. The van der Waals surface area contributed by atoms with Gasteiger partial charge in [0.15, 0.2) is 11.1 Å². The number of hydrogen-bond acceptors (Lipinski definition) is 5. The van der Waals surface area contributed by atoms with Crippen molar-refractivity contribution in [3.8, 4) is 0 Å². The molecule has 0 aliphatic heterocycles. The van der Waals surface area contributed by atoms with Gasteiger partial charge in [-0.15, -0.1) is 0 Å². The molecule has 0 unspecified atom stereocenters. The lowest BCUT2D eigenvalue weighted by Crippen LogP contribution is -2.14. The van der Waals surface area contributed by atoms with Crippen LogP contribution in [-0.4, -0.2) is 15.9 Å². The van der Waals surface area contributed by atoms with Gasteiger partial charge in [0.2, 0.25) is 0 Å². The van der Waals surface area contributed by atoms with E-state index in [-0.39, 0.29) is 5.69 Å². The van der Waals surface area contributed by atoms with E-state index in [1.54, 1.807) is 12.1 Å². The van der Waals surface area contributed by atoms with Gasteiger partial charge in [-0.25, -0.2) is 0 Å². The van der Waals surface area contributed by atoms with Crippen molar-refractivity contribution in [2.75, 3.05) is 5.32 Å². The van der Waals surface area contributed by atoms with Gasteiger partial charge < -0.3 is 9.73 Å². The van der Waals surface area contributed by atoms with Crippen LogP contribution in [0.4, 0.5) is 11.7 Å². The molecule has 0 spiro atoms. The first-order chi connectivity index (χ1) is 8.74. The van der Waals surface area contributed by atoms with Crippen molar-refractivity contribution >= 4 is 22.8 Å². The van der Waals surface area contributed by atoms with Crippen LogP contribution in [0.2, 0.25) is 0 Å². The molecular weight excluding hydrogens is 234 g/mol. The standard InChI is InChI=1S/C12H13N3O3/c16-15(17)9-6-3-7-10-11(9)14-12(18-10)13-8-4-1-2-5-8/h3,6-8H,1-2,4-5H2,(H,13,14). The van der Waals surface area contributed by atoms with Gasteiger partial charge in [-0.05, 0) is 18.9 Å². The number of benzene rings is 1. The molecule has 18 heavy (non-hydrogen) atoms. The zero-order valence-electron chi connectivity index (χ0n) is 9.76. The molecule has 6 nitrogen and oxygen atoms in total. The van der Waals surface area contributed by atoms with Crippen LogP contribution in [0.5, 0.6) is 0 Å². The highest BCUT2D eigenvalue weighted by Gasteiger charge is 2.20. The molecule has 3 rings (SSSR count). The molecule has 0 radical (unpaired) electrons.